The minimum atomic E-state index is -3.45. The Kier molecular flexibility index (Phi) is 8.82. The first kappa shape index (κ1) is 24.6. The summed E-state index contributed by atoms with van der Waals surface area (Å²) in [7, 11) is -3.45. The van der Waals surface area contributed by atoms with Gasteiger partial charge in [-0.25, -0.2) is 31.2 Å². The number of hydroxylamine groups is 1. The molecule has 2 aromatic rings. The van der Waals surface area contributed by atoms with Crippen LogP contribution in [-0.2, 0) is 14.6 Å². The number of amidine groups is 1. The molecule has 0 atom stereocenters. The van der Waals surface area contributed by atoms with Crippen LogP contribution in [0.25, 0.3) is 0 Å². The number of sulfone groups is 1. The molecular weight excluding hydrogens is 463 g/mol. The van der Waals surface area contributed by atoms with Gasteiger partial charge in [-0.05, 0) is 34.9 Å². The van der Waals surface area contributed by atoms with Gasteiger partial charge in [-0.15, -0.1) is 11.8 Å². The van der Waals surface area contributed by atoms with Crippen molar-refractivity contribution in [2.45, 2.75) is 24.3 Å². The number of hydrogen-bond donors (Lipinski definition) is 3. The Bertz CT molecular complexity index is 1050. The van der Waals surface area contributed by atoms with Gasteiger partial charge in [0.05, 0.1) is 22.8 Å². The summed E-state index contributed by atoms with van der Waals surface area (Å²) in [6.07, 6.45) is -3.10. The fourth-order valence-corrected chi connectivity index (χ4v) is 4.58. The molecule has 0 aliphatic heterocycles. The SMILES string of the molecule is NC(=O)CCS(=O)(=O)CCCSc1nonc1C(=Nc1ccc(F)c(C(F)F)c1)NO. The van der Waals surface area contributed by atoms with Gasteiger partial charge in [0.1, 0.15) is 5.82 Å². The van der Waals surface area contributed by atoms with Crippen LogP contribution in [0.2, 0.25) is 0 Å². The Hall–Kier alpha value is -2.65. The second-order valence-corrected chi connectivity index (χ2v) is 9.45. The second-order valence-electron chi connectivity index (χ2n) is 6.07. The van der Waals surface area contributed by atoms with Crippen molar-refractivity contribution in [3.05, 3.63) is 35.3 Å². The third-order valence-electron chi connectivity index (χ3n) is 3.74. The lowest BCUT2D eigenvalue weighted by Gasteiger charge is -2.06. The van der Waals surface area contributed by atoms with Gasteiger partial charge in [0, 0.05) is 12.2 Å². The summed E-state index contributed by atoms with van der Waals surface area (Å²) in [5, 5.41) is 16.7. The Morgan fingerprint density at radius 3 is 2.71 bits per heavy atom. The number of carbonyl (C=O) groups excluding carboxylic acids is 1. The smallest absolute Gasteiger partial charge is 0.266 e. The van der Waals surface area contributed by atoms with Gasteiger partial charge in [-0.3, -0.25) is 15.5 Å². The van der Waals surface area contributed by atoms with Crippen LogP contribution in [-0.4, -0.2) is 52.9 Å². The first-order valence-electron chi connectivity index (χ1n) is 8.64. The average molecular weight is 481 g/mol. The molecule has 1 aromatic heterocycles. The van der Waals surface area contributed by atoms with Gasteiger partial charge < -0.3 is 5.73 Å². The molecule has 0 unspecified atom stereocenters. The normalized spacial score (nSPS) is 12.4. The van der Waals surface area contributed by atoms with Crippen molar-refractivity contribution in [3.8, 4) is 0 Å². The number of hydrogen-bond acceptors (Lipinski definition) is 9. The molecule has 0 radical (unpaired) electrons. The highest BCUT2D eigenvalue weighted by atomic mass is 32.2. The van der Waals surface area contributed by atoms with E-state index in [-0.39, 0.29) is 52.3 Å². The number of primary amides is 1. The Morgan fingerprint density at radius 1 is 1.32 bits per heavy atom. The molecule has 2 rings (SSSR count). The molecular formula is C16H18F3N5O5S2. The topological polar surface area (TPSA) is 161 Å². The molecule has 0 spiro atoms. The van der Waals surface area contributed by atoms with E-state index in [9.17, 15) is 31.6 Å². The zero-order chi connectivity index (χ0) is 23.0. The standard InChI is InChI=1S/C16H18F3N5O5S2/c17-11-3-2-9(8-10(11)14(18)19)21-15(22-26)13-16(24-29-23-13)30-5-1-6-31(27,28)7-4-12(20)25/h2-3,8,14,26H,1,4-7H2,(H2,20,25)(H,21,22). The molecule has 0 aliphatic rings. The molecule has 1 aromatic carbocycles. The predicted molar refractivity (Wildman–Crippen MR) is 105 cm³/mol. The van der Waals surface area contributed by atoms with E-state index in [0.29, 0.717) is 0 Å². The highest BCUT2D eigenvalue weighted by Crippen LogP contribution is 2.27. The minimum Gasteiger partial charge on any atom is -0.370 e. The number of thioether (sulfide) groups is 1. The minimum absolute atomic E-state index is 0.0630. The maximum Gasteiger partial charge on any atom is 0.266 e. The zero-order valence-electron chi connectivity index (χ0n) is 15.8. The first-order valence-corrected chi connectivity index (χ1v) is 11.4. The van der Waals surface area contributed by atoms with E-state index in [1.807, 2.05) is 0 Å². The summed E-state index contributed by atoms with van der Waals surface area (Å²) in [5.41, 5.74) is 5.68. The highest BCUT2D eigenvalue weighted by Gasteiger charge is 2.19. The monoisotopic (exact) mass is 481 g/mol. The van der Waals surface area contributed by atoms with Gasteiger partial charge in [0.25, 0.3) is 6.43 Å². The number of nitrogens with one attached hydrogen (secondary N) is 1. The number of halogens is 3. The van der Waals surface area contributed by atoms with Crippen molar-refractivity contribution in [3.63, 3.8) is 0 Å². The fraction of sp³-hybridized carbons (Fsp3) is 0.375. The van der Waals surface area contributed by atoms with Gasteiger partial charge in [-0.1, -0.05) is 0 Å². The molecule has 1 heterocycles. The van der Waals surface area contributed by atoms with Crippen molar-refractivity contribution in [2.24, 2.45) is 10.7 Å². The lowest BCUT2D eigenvalue weighted by molar-refractivity contribution is -0.117. The maximum atomic E-state index is 13.4. The summed E-state index contributed by atoms with van der Waals surface area (Å²) in [6, 6.07) is 2.75. The molecule has 0 bridgehead atoms. The lowest BCUT2D eigenvalue weighted by atomic mass is 10.2. The van der Waals surface area contributed by atoms with Gasteiger partial charge in [0.2, 0.25) is 5.91 Å². The zero-order valence-corrected chi connectivity index (χ0v) is 17.4. The number of nitrogens with two attached hydrogens (primary N) is 1. The first-order chi connectivity index (χ1) is 14.6. The van der Waals surface area contributed by atoms with E-state index in [0.717, 1.165) is 30.0 Å². The molecule has 0 aliphatic carbocycles. The van der Waals surface area contributed by atoms with Crippen LogP contribution >= 0.6 is 11.8 Å². The largest absolute Gasteiger partial charge is 0.370 e. The quantitative estimate of drug-likeness (QED) is 0.143. The van der Waals surface area contributed by atoms with Crippen LogP contribution in [0.4, 0.5) is 18.9 Å². The average Bonchev–Trinajstić information content (AvgIpc) is 3.17. The number of aliphatic imine (C=N–C) groups is 1. The molecule has 31 heavy (non-hydrogen) atoms. The Morgan fingerprint density at radius 2 is 2.06 bits per heavy atom. The van der Waals surface area contributed by atoms with Crippen LogP contribution in [0.3, 0.4) is 0 Å². The predicted octanol–water partition coefficient (Wildman–Crippen LogP) is 1.98. The fourth-order valence-electron chi connectivity index (χ4n) is 2.25. The summed E-state index contributed by atoms with van der Waals surface area (Å²) in [4.78, 5) is 14.6. The number of benzene rings is 1. The number of alkyl halides is 2. The van der Waals surface area contributed by atoms with Crippen LogP contribution < -0.4 is 11.2 Å². The number of rotatable bonds is 11. The lowest BCUT2D eigenvalue weighted by Crippen LogP contribution is -2.21. The summed E-state index contributed by atoms with van der Waals surface area (Å²) >= 11 is 1.05. The Balaban J connectivity index is 2.06. The van der Waals surface area contributed by atoms with Crippen molar-refractivity contribution in [1.82, 2.24) is 15.8 Å². The molecule has 1 amide bonds. The molecule has 0 saturated carbocycles. The van der Waals surface area contributed by atoms with Crippen molar-refractivity contribution in [2.75, 3.05) is 17.3 Å². The molecule has 15 heteroatoms. The molecule has 0 saturated heterocycles. The number of nitrogens with zero attached hydrogens (tertiary/aromatic N) is 3. The number of carbonyl (C=O) groups is 1. The van der Waals surface area contributed by atoms with Crippen molar-refractivity contribution < 1.29 is 36.2 Å². The van der Waals surface area contributed by atoms with E-state index in [1.54, 1.807) is 5.48 Å². The van der Waals surface area contributed by atoms with E-state index >= 15 is 0 Å². The third-order valence-corrected chi connectivity index (χ3v) is 6.51. The van der Waals surface area contributed by atoms with Gasteiger partial charge >= 0.3 is 0 Å². The van der Waals surface area contributed by atoms with Crippen LogP contribution in [0.15, 0.2) is 32.8 Å². The van der Waals surface area contributed by atoms with Crippen LogP contribution in [0.5, 0.6) is 0 Å². The van der Waals surface area contributed by atoms with E-state index in [4.69, 9.17) is 5.73 Å². The summed E-state index contributed by atoms with van der Waals surface area (Å²) in [6.45, 7) is 0. The van der Waals surface area contributed by atoms with E-state index in [1.165, 1.54) is 0 Å². The van der Waals surface area contributed by atoms with Gasteiger partial charge in [-0.2, -0.15) is 0 Å². The Labute approximate surface area is 178 Å². The second kappa shape index (κ2) is 11.1. The number of aromatic nitrogens is 2. The van der Waals surface area contributed by atoms with Crippen LogP contribution in [0, 0.1) is 5.82 Å². The number of amides is 1. The van der Waals surface area contributed by atoms with E-state index < -0.39 is 33.6 Å². The maximum absolute atomic E-state index is 13.4. The molecule has 4 N–H and O–H groups in total. The molecule has 10 nitrogen and oxygen atoms in total. The van der Waals surface area contributed by atoms with E-state index in [2.05, 4.69) is 19.9 Å². The van der Waals surface area contributed by atoms with Crippen molar-refractivity contribution >= 4 is 39.0 Å². The third kappa shape index (κ3) is 7.52. The summed E-state index contributed by atoms with van der Waals surface area (Å²) < 4.78 is 67.4. The summed E-state index contributed by atoms with van der Waals surface area (Å²) in [5.74, 6) is -2.36. The highest BCUT2D eigenvalue weighted by molar-refractivity contribution is 7.99. The molecule has 0 fully saturated rings. The van der Waals surface area contributed by atoms with Gasteiger partial charge in [0.15, 0.2) is 26.4 Å². The van der Waals surface area contributed by atoms with Crippen molar-refractivity contribution in [1.29, 1.82) is 0 Å². The van der Waals surface area contributed by atoms with Crippen LogP contribution in [0.1, 0.15) is 30.5 Å². The molecule has 170 valence electrons.